The van der Waals surface area contributed by atoms with E-state index in [-0.39, 0.29) is 6.10 Å². The zero-order valence-electron chi connectivity index (χ0n) is 16.7. The van der Waals surface area contributed by atoms with Crippen LogP contribution in [0.4, 0.5) is 4.79 Å². The number of amides is 1. The molecule has 0 fully saturated rings. The van der Waals surface area contributed by atoms with Crippen molar-refractivity contribution in [3.63, 3.8) is 0 Å². The largest absolute Gasteiger partial charge is 0.497 e. The second kappa shape index (κ2) is 12.1. The fourth-order valence-electron chi connectivity index (χ4n) is 2.66. The lowest BCUT2D eigenvalue weighted by molar-refractivity contribution is 0.109. The molecule has 27 heavy (non-hydrogen) atoms. The maximum absolute atomic E-state index is 9.79. The van der Waals surface area contributed by atoms with Crippen molar-refractivity contribution in [3.05, 3.63) is 41.2 Å². The van der Waals surface area contributed by atoms with Crippen LogP contribution in [0.2, 0.25) is 0 Å². The van der Waals surface area contributed by atoms with Gasteiger partial charge >= 0.3 is 6.09 Å². The minimum absolute atomic E-state index is 0.104. The average molecular weight is 380 g/mol. The maximum atomic E-state index is 9.79. The molecule has 1 atom stereocenters. The minimum atomic E-state index is -0.946. The third-order valence-corrected chi connectivity index (χ3v) is 4.17. The van der Waals surface area contributed by atoms with Crippen LogP contribution in [0.15, 0.2) is 35.7 Å². The maximum Gasteiger partial charge on any atom is 0.404 e. The summed E-state index contributed by atoms with van der Waals surface area (Å²) in [7, 11) is 3.41. The number of hydrogen-bond acceptors (Lipinski definition) is 5. The number of methoxy groups -OCH3 is 2. The third-order valence-electron chi connectivity index (χ3n) is 4.17. The molecule has 7 nitrogen and oxygen atoms in total. The van der Waals surface area contributed by atoms with Crippen LogP contribution in [0.1, 0.15) is 38.7 Å². The first-order valence-corrected chi connectivity index (χ1v) is 9.22. The first-order valence-electron chi connectivity index (χ1n) is 9.22. The van der Waals surface area contributed by atoms with Gasteiger partial charge in [-0.2, -0.15) is 0 Å². The lowest BCUT2D eigenvalue weighted by atomic mass is 9.98. The zero-order chi connectivity index (χ0) is 20.2. The van der Waals surface area contributed by atoms with Crippen LogP contribution in [0.3, 0.4) is 0 Å². The second-order valence-corrected chi connectivity index (χ2v) is 6.84. The Morgan fingerprint density at radius 2 is 1.96 bits per heavy atom. The molecule has 0 saturated carbocycles. The Morgan fingerprint density at radius 1 is 1.30 bits per heavy atom. The van der Waals surface area contributed by atoms with Gasteiger partial charge in [0.15, 0.2) is 0 Å². The SMILES string of the molecule is CC(C)CNC(=O)O.COc1ccc(CNC2=C(N)CCCC2OC)cc1. The van der Waals surface area contributed by atoms with E-state index in [1.54, 1.807) is 14.2 Å². The molecule has 0 aliphatic heterocycles. The lowest BCUT2D eigenvalue weighted by Gasteiger charge is -2.27. The van der Waals surface area contributed by atoms with Crippen molar-refractivity contribution in [3.8, 4) is 5.75 Å². The van der Waals surface area contributed by atoms with Crippen molar-refractivity contribution in [2.24, 2.45) is 11.7 Å². The fourth-order valence-corrected chi connectivity index (χ4v) is 2.66. The lowest BCUT2D eigenvalue weighted by Crippen LogP contribution is -2.32. The Kier molecular flexibility index (Phi) is 10.1. The molecule has 1 aliphatic carbocycles. The molecule has 1 unspecified atom stereocenters. The van der Waals surface area contributed by atoms with Gasteiger partial charge < -0.3 is 30.9 Å². The van der Waals surface area contributed by atoms with Crippen molar-refractivity contribution in [2.45, 2.75) is 45.8 Å². The summed E-state index contributed by atoms with van der Waals surface area (Å²) >= 11 is 0. The molecule has 0 aromatic heterocycles. The normalized spacial score (nSPS) is 16.4. The van der Waals surface area contributed by atoms with Crippen LogP contribution >= 0.6 is 0 Å². The Morgan fingerprint density at radius 3 is 2.44 bits per heavy atom. The average Bonchev–Trinajstić information content (AvgIpc) is 2.66. The first-order chi connectivity index (χ1) is 12.9. The fraction of sp³-hybridized carbons (Fsp3) is 0.550. The van der Waals surface area contributed by atoms with E-state index >= 15 is 0 Å². The van der Waals surface area contributed by atoms with Gasteiger partial charge in [0.25, 0.3) is 0 Å². The highest BCUT2D eigenvalue weighted by atomic mass is 16.5. The molecule has 2 rings (SSSR count). The van der Waals surface area contributed by atoms with Crippen LogP contribution < -0.4 is 21.1 Å². The van der Waals surface area contributed by atoms with E-state index < -0.39 is 6.09 Å². The summed E-state index contributed by atoms with van der Waals surface area (Å²) < 4.78 is 10.6. The van der Waals surface area contributed by atoms with Crippen molar-refractivity contribution in [1.82, 2.24) is 10.6 Å². The van der Waals surface area contributed by atoms with Crippen LogP contribution in [-0.2, 0) is 11.3 Å². The smallest absolute Gasteiger partial charge is 0.404 e. The predicted molar refractivity (Wildman–Crippen MR) is 107 cm³/mol. The Balaban J connectivity index is 0.000000387. The Hall–Kier alpha value is -2.41. The van der Waals surface area contributed by atoms with Gasteiger partial charge in [0.2, 0.25) is 0 Å². The number of benzene rings is 1. The van der Waals surface area contributed by atoms with Crippen molar-refractivity contribution < 1.29 is 19.4 Å². The summed E-state index contributed by atoms with van der Waals surface area (Å²) in [5.74, 6) is 1.26. The van der Waals surface area contributed by atoms with Gasteiger partial charge in [-0.05, 0) is 42.9 Å². The highest BCUT2D eigenvalue weighted by Crippen LogP contribution is 2.23. The molecule has 0 heterocycles. The number of nitrogens with two attached hydrogens (primary N) is 1. The summed E-state index contributed by atoms with van der Waals surface area (Å²) in [5, 5.41) is 13.7. The molecule has 5 N–H and O–H groups in total. The number of allylic oxidation sites excluding steroid dienone is 1. The van der Waals surface area contributed by atoms with E-state index in [1.165, 1.54) is 5.56 Å². The van der Waals surface area contributed by atoms with E-state index in [4.69, 9.17) is 20.3 Å². The monoisotopic (exact) mass is 379 g/mol. The second-order valence-electron chi connectivity index (χ2n) is 6.84. The van der Waals surface area contributed by atoms with Crippen molar-refractivity contribution >= 4 is 6.09 Å². The standard InChI is InChI=1S/C15H22N2O2.C5H11NO2/c1-18-12-8-6-11(7-9-12)10-17-15-13(16)4-3-5-14(15)19-2;1-4(2)3-6-5(7)8/h6-9,14,17H,3-5,10,16H2,1-2H3;4,6H,3H2,1-2H3,(H,7,8). The highest BCUT2D eigenvalue weighted by molar-refractivity contribution is 5.64. The third kappa shape index (κ3) is 8.68. The predicted octanol–water partition coefficient (Wildman–Crippen LogP) is 3.06. The van der Waals surface area contributed by atoms with Crippen molar-refractivity contribution in [2.75, 3.05) is 20.8 Å². The molecule has 1 aromatic rings. The molecular formula is C20H33N3O4. The highest BCUT2D eigenvalue weighted by Gasteiger charge is 2.21. The van der Waals surface area contributed by atoms with Gasteiger partial charge in [0.1, 0.15) is 5.75 Å². The topological polar surface area (TPSA) is 106 Å². The van der Waals surface area contributed by atoms with Crippen molar-refractivity contribution in [1.29, 1.82) is 0 Å². The van der Waals surface area contributed by atoms with Crippen LogP contribution in [0, 0.1) is 5.92 Å². The first kappa shape index (κ1) is 22.6. The summed E-state index contributed by atoms with van der Waals surface area (Å²) in [5.41, 5.74) is 9.24. The molecule has 0 saturated heterocycles. The molecule has 1 amide bonds. The van der Waals surface area contributed by atoms with E-state index in [1.807, 2.05) is 38.1 Å². The molecule has 152 valence electrons. The quantitative estimate of drug-likeness (QED) is 0.580. The van der Waals surface area contributed by atoms with Gasteiger partial charge in [-0.1, -0.05) is 26.0 Å². The van der Waals surface area contributed by atoms with E-state index in [0.717, 1.165) is 43.0 Å². The summed E-state index contributed by atoms with van der Waals surface area (Å²) in [6.07, 6.45) is 2.23. The van der Waals surface area contributed by atoms with Gasteiger partial charge in [-0.25, -0.2) is 4.79 Å². The summed E-state index contributed by atoms with van der Waals surface area (Å²) in [6.45, 7) is 5.20. The van der Waals surface area contributed by atoms with E-state index in [0.29, 0.717) is 12.5 Å². The molecule has 0 radical (unpaired) electrons. The zero-order valence-corrected chi connectivity index (χ0v) is 16.7. The molecule has 0 spiro atoms. The number of carbonyl (C=O) groups is 1. The molecule has 0 bridgehead atoms. The van der Waals surface area contributed by atoms with E-state index in [9.17, 15) is 4.79 Å². The number of hydrogen-bond donors (Lipinski definition) is 4. The van der Waals surface area contributed by atoms with Crippen LogP contribution in [-0.4, -0.2) is 38.1 Å². The molecule has 1 aliphatic rings. The van der Waals surface area contributed by atoms with Gasteiger partial charge in [0.05, 0.1) is 18.9 Å². The summed E-state index contributed by atoms with van der Waals surface area (Å²) in [6, 6.07) is 8.02. The van der Waals surface area contributed by atoms with E-state index in [2.05, 4.69) is 10.6 Å². The molecule has 1 aromatic carbocycles. The molecular weight excluding hydrogens is 346 g/mol. The molecule has 7 heteroatoms. The van der Waals surface area contributed by atoms with Crippen LogP contribution in [0.5, 0.6) is 5.75 Å². The van der Waals surface area contributed by atoms with Crippen LogP contribution in [0.25, 0.3) is 0 Å². The van der Waals surface area contributed by atoms with Gasteiger partial charge in [-0.15, -0.1) is 0 Å². The summed E-state index contributed by atoms with van der Waals surface area (Å²) in [4.78, 5) is 9.79. The minimum Gasteiger partial charge on any atom is -0.497 e. The Bertz CT molecular complexity index is 600. The van der Waals surface area contributed by atoms with Gasteiger partial charge in [-0.3, -0.25) is 0 Å². The number of nitrogens with one attached hydrogen (secondary N) is 2. The Labute approximate surface area is 161 Å². The number of rotatable bonds is 7. The number of ether oxygens (including phenoxy) is 2. The van der Waals surface area contributed by atoms with Gasteiger partial charge in [0, 0.05) is 25.9 Å². The number of carboxylic acid groups (broad SMARTS) is 1.